The molecule has 1 fully saturated rings. The minimum Gasteiger partial charge on any atom is -0.487 e. The maximum atomic E-state index is 12.3. The maximum Gasteiger partial charge on any atom is 0.254 e. The van der Waals surface area contributed by atoms with Crippen molar-refractivity contribution < 1.29 is 19.4 Å². The number of hydrogen-bond donors (Lipinski definition) is 3. The Labute approximate surface area is 128 Å². The van der Waals surface area contributed by atoms with Crippen LogP contribution in [0, 0.1) is 0 Å². The topological polar surface area (TPSA) is 87.7 Å². The van der Waals surface area contributed by atoms with E-state index < -0.39 is 0 Å². The van der Waals surface area contributed by atoms with Crippen LogP contribution in [0.2, 0.25) is 0 Å². The molecule has 22 heavy (non-hydrogen) atoms. The van der Waals surface area contributed by atoms with E-state index in [9.17, 15) is 14.7 Å². The highest BCUT2D eigenvalue weighted by molar-refractivity contribution is 6.02. The fourth-order valence-electron chi connectivity index (χ4n) is 2.79. The Morgan fingerprint density at radius 3 is 2.68 bits per heavy atom. The van der Waals surface area contributed by atoms with Crippen molar-refractivity contribution in [1.29, 1.82) is 0 Å². The van der Waals surface area contributed by atoms with Crippen LogP contribution in [0.4, 0.5) is 0 Å². The first kappa shape index (κ1) is 14.8. The van der Waals surface area contributed by atoms with Gasteiger partial charge in [0.05, 0.1) is 12.2 Å². The number of hydrogen-bond acceptors (Lipinski definition) is 4. The molecule has 1 aliphatic heterocycles. The first-order valence-electron chi connectivity index (χ1n) is 7.59. The Bertz CT molecular complexity index is 610. The fraction of sp³-hybridized carbons (Fsp3) is 0.500. The quantitative estimate of drug-likeness (QED) is 0.761. The summed E-state index contributed by atoms with van der Waals surface area (Å²) in [6.07, 6.45) is 3.30. The molecule has 2 amide bonds. The number of carbonyl (C=O) groups is 2. The second kappa shape index (κ2) is 5.96. The minimum atomic E-state index is -0.358. The highest BCUT2D eigenvalue weighted by Crippen LogP contribution is 2.34. The van der Waals surface area contributed by atoms with E-state index in [0.29, 0.717) is 23.3 Å². The number of aliphatic hydroxyl groups is 1. The standard InChI is InChI=1S/C16H20N2O4/c1-17-16(21)13-7-10(15(20)18-11-3-2-4-11)5-9-6-12(8-19)22-14(9)13/h5,7,11-12,19H,2-4,6,8H2,1H3,(H,17,21)(H,18,20). The highest BCUT2D eigenvalue weighted by atomic mass is 16.5. The molecule has 0 bridgehead atoms. The van der Waals surface area contributed by atoms with Gasteiger partial charge in [-0.3, -0.25) is 9.59 Å². The van der Waals surface area contributed by atoms with E-state index in [-0.39, 0.29) is 30.6 Å². The summed E-state index contributed by atoms with van der Waals surface area (Å²) in [4.78, 5) is 24.4. The number of aliphatic hydroxyl groups excluding tert-OH is 1. The summed E-state index contributed by atoms with van der Waals surface area (Å²) in [5.41, 5.74) is 1.60. The zero-order valence-corrected chi connectivity index (χ0v) is 12.5. The second-order valence-electron chi connectivity index (χ2n) is 5.82. The van der Waals surface area contributed by atoms with Gasteiger partial charge in [0.2, 0.25) is 0 Å². The number of ether oxygens (including phenoxy) is 1. The molecular formula is C16H20N2O4. The van der Waals surface area contributed by atoms with E-state index >= 15 is 0 Å². The Balaban J connectivity index is 1.91. The lowest BCUT2D eigenvalue weighted by atomic mass is 9.92. The molecule has 6 heteroatoms. The van der Waals surface area contributed by atoms with Gasteiger partial charge in [-0.05, 0) is 37.0 Å². The van der Waals surface area contributed by atoms with E-state index in [1.807, 2.05) is 0 Å². The molecule has 3 rings (SSSR count). The van der Waals surface area contributed by atoms with Crippen LogP contribution in [-0.2, 0) is 6.42 Å². The van der Waals surface area contributed by atoms with Gasteiger partial charge in [0.15, 0.2) is 0 Å². The SMILES string of the molecule is CNC(=O)c1cc(C(=O)NC2CCC2)cc2c1OC(CO)C2. The Kier molecular flexibility index (Phi) is 4.02. The largest absolute Gasteiger partial charge is 0.487 e. The van der Waals surface area contributed by atoms with Gasteiger partial charge in [0, 0.05) is 25.1 Å². The molecule has 1 saturated carbocycles. The lowest BCUT2D eigenvalue weighted by Crippen LogP contribution is -2.39. The molecule has 2 aliphatic rings. The smallest absolute Gasteiger partial charge is 0.254 e. The van der Waals surface area contributed by atoms with Crippen molar-refractivity contribution in [3.05, 3.63) is 28.8 Å². The van der Waals surface area contributed by atoms with Crippen molar-refractivity contribution in [2.75, 3.05) is 13.7 Å². The van der Waals surface area contributed by atoms with Gasteiger partial charge in [-0.25, -0.2) is 0 Å². The average Bonchev–Trinajstić information content (AvgIpc) is 2.91. The molecule has 0 aromatic heterocycles. The van der Waals surface area contributed by atoms with Crippen LogP contribution in [0.5, 0.6) is 5.75 Å². The summed E-state index contributed by atoms with van der Waals surface area (Å²) >= 11 is 0. The first-order chi connectivity index (χ1) is 10.6. The van der Waals surface area contributed by atoms with E-state index in [4.69, 9.17) is 4.74 Å². The van der Waals surface area contributed by atoms with Crippen LogP contribution in [0.1, 0.15) is 45.5 Å². The zero-order chi connectivity index (χ0) is 15.7. The zero-order valence-electron chi connectivity index (χ0n) is 12.5. The third-order valence-electron chi connectivity index (χ3n) is 4.28. The van der Waals surface area contributed by atoms with E-state index in [2.05, 4.69) is 10.6 Å². The molecule has 1 aliphatic carbocycles. The van der Waals surface area contributed by atoms with Crippen LogP contribution in [0.3, 0.4) is 0 Å². The fourth-order valence-corrected chi connectivity index (χ4v) is 2.79. The van der Waals surface area contributed by atoms with E-state index in [1.54, 1.807) is 12.1 Å². The molecule has 1 atom stereocenters. The van der Waals surface area contributed by atoms with Gasteiger partial charge in [-0.2, -0.15) is 0 Å². The predicted octanol–water partition coefficient (Wildman–Crippen LogP) is 0.624. The lowest BCUT2D eigenvalue weighted by Gasteiger charge is -2.26. The van der Waals surface area contributed by atoms with Crippen LogP contribution < -0.4 is 15.4 Å². The van der Waals surface area contributed by atoms with Gasteiger partial charge in [0.25, 0.3) is 11.8 Å². The third kappa shape index (κ3) is 2.66. The van der Waals surface area contributed by atoms with Gasteiger partial charge in [-0.15, -0.1) is 0 Å². The molecule has 3 N–H and O–H groups in total. The number of benzene rings is 1. The van der Waals surface area contributed by atoms with Crippen molar-refractivity contribution in [1.82, 2.24) is 10.6 Å². The Morgan fingerprint density at radius 1 is 1.32 bits per heavy atom. The van der Waals surface area contributed by atoms with Crippen molar-refractivity contribution in [3.8, 4) is 5.75 Å². The molecule has 6 nitrogen and oxygen atoms in total. The van der Waals surface area contributed by atoms with Crippen LogP contribution in [0.25, 0.3) is 0 Å². The molecule has 0 saturated heterocycles. The van der Waals surface area contributed by atoms with Gasteiger partial charge < -0.3 is 20.5 Å². The molecule has 1 aromatic rings. The average molecular weight is 304 g/mol. The summed E-state index contributed by atoms with van der Waals surface area (Å²) in [5, 5.41) is 14.8. The predicted molar refractivity (Wildman–Crippen MR) is 80.1 cm³/mol. The maximum absolute atomic E-state index is 12.3. The normalized spacial score (nSPS) is 19.8. The summed E-state index contributed by atoms with van der Waals surface area (Å²) in [7, 11) is 1.54. The van der Waals surface area contributed by atoms with Crippen molar-refractivity contribution in [2.45, 2.75) is 37.8 Å². The second-order valence-corrected chi connectivity index (χ2v) is 5.82. The van der Waals surface area contributed by atoms with Crippen LogP contribution in [0.15, 0.2) is 12.1 Å². The van der Waals surface area contributed by atoms with E-state index in [0.717, 1.165) is 24.8 Å². The summed E-state index contributed by atoms with van der Waals surface area (Å²) < 4.78 is 5.62. The number of rotatable bonds is 4. The van der Waals surface area contributed by atoms with E-state index in [1.165, 1.54) is 7.05 Å². The monoisotopic (exact) mass is 304 g/mol. The first-order valence-corrected chi connectivity index (χ1v) is 7.59. The molecule has 118 valence electrons. The summed E-state index contributed by atoms with van der Waals surface area (Å²) in [5.74, 6) is 0.0110. The van der Waals surface area contributed by atoms with Crippen molar-refractivity contribution >= 4 is 11.8 Å². The molecule has 0 radical (unpaired) electrons. The number of carbonyl (C=O) groups excluding carboxylic acids is 2. The molecule has 1 aromatic carbocycles. The number of amides is 2. The summed E-state index contributed by atoms with van der Waals surface area (Å²) in [6, 6.07) is 3.56. The molecule has 1 unspecified atom stereocenters. The van der Waals surface area contributed by atoms with Crippen LogP contribution in [-0.4, -0.2) is 42.7 Å². The van der Waals surface area contributed by atoms with Crippen molar-refractivity contribution in [3.63, 3.8) is 0 Å². The summed E-state index contributed by atoms with van der Waals surface area (Å²) in [6.45, 7) is -0.120. The minimum absolute atomic E-state index is 0.120. The number of fused-ring (bicyclic) bond motifs is 1. The number of nitrogens with one attached hydrogen (secondary N) is 2. The van der Waals surface area contributed by atoms with Crippen LogP contribution >= 0.6 is 0 Å². The lowest BCUT2D eigenvalue weighted by molar-refractivity contribution is 0.0917. The molecule has 1 heterocycles. The highest BCUT2D eigenvalue weighted by Gasteiger charge is 2.29. The Hall–Kier alpha value is -2.08. The third-order valence-corrected chi connectivity index (χ3v) is 4.28. The van der Waals surface area contributed by atoms with Gasteiger partial charge in [-0.1, -0.05) is 0 Å². The van der Waals surface area contributed by atoms with Crippen molar-refractivity contribution in [2.24, 2.45) is 0 Å². The van der Waals surface area contributed by atoms with Gasteiger partial charge in [0.1, 0.15) is 11.9 Å². The van der Waals surface area contributed by atoms with Gasteiger partial charge >= 0.3 is 0 Å². The Morgan fingerprint density at radius 2 is 2.09 bits per heavy atom. The molecule has 0 spiro atoms. The molecular weight excluding hydrogens is 284 g/mol.